The molecule has 0 aromatic heterocycles. The first kappa shape index (κ1) is 17.7. The number of rotatable bonds is 5. The average molecular weight is 368 g/mol. The molecule has 4 heteroatoms. The first-order chi connectivity index (χ1) is 12.8. The van der Waals surface area contributed by atoms with Crippen LogP contribution < -0.4 is 10.1 Å². The number of piperidine rings is 1. The third-order valence-electron chi connectivity index (χ3n) is 4.94. The molecule has 136 valence electrons. The molecule has 1 fully saturated rings. The Kier molecular flexibility index (Phi) is 5.63. The van der Waals surface area contributed by atoms with Crippen LogP contribution in [-0.2, 0) is 4.74 Å². The first-order valence-electron chi connectivity index (χ1n) is 9.40. The summed E-state index contributed by atoms with van der Waals surface area (Å²) in [6.45, 7) is 5.16. The Morgan fingerprint density at radius 2 is 1.88 bits per heavy atom. The van der Waals surface area contributed by atoms with Gasteiger partial charge in [-0.25, -0.2) is 0 Å². The van der Waals surface area contributed by atoms with E-state index in [9.17, 15) is 0 Å². The molecule has 0 radical (unpaired) electrons. The van der Waals surface area contributed by atoms with Crippen molar-refractivity contribution in [2.75, 3.05) is 26.5 Å². The number of nitrogens with one attached hydrogen (secondary N) is 1. The van der Waals surface area contributed by atoms with E-state index in [2.05, 4.69) is 53.9 Å². The zero-order valence-electron chi connectivity index (χ0n) is 15.2. The number of hydrogen-bond acceptors (Lipinski definition) is 4. The lowest BCUT2D eigenvalue weighted by atomic mass is 9.89. The van der Waals surface area contributed by atoms with E-state index < -0.39 is 0 Å². The molecule has 1 N–H and O–H groups in total. The Morgan fingerprint density at radius 3 is 2.73 bits per heavy atom. The van der Waals surface area contributed by atoms with E-state index in [1.54, 1.807) is 0 Å². The van der Waals surface area contributed by atoms with Crippen molar-refractivity contribution in [1.29, 1.82) is 0 Å². The van der Waals surface area contributed by atoms with Crippen molar-refractivity contribution in [1.82, 2.24) is 5.32 Å². The molecule has 0 amide bonds. The SMILES string of the molecule is CCOCOc1ccc2c(c1)Sc1ccccc1C2=CC1CCNCC1. The summed E-state index contributed by atoms with van der Waals surface area (Å²) in [5.41, 5.74) is 4.04. The van der Waals surface area contributed by atoms with Crippen LogP contribution in [0.3, 0.4) is 0 Å². The van der Waals surface area contributed by atoms with Crippen LogP contribution in [0, 0.1) is 5.92 Å². The van der Waals surface area contributed by atoms with Crippen molar-refractivity contribution in [3.05, 3.63) is 59.7 Å². The van der Waals surface area contributed by atoms with Crippen LogP contribution in [-0.4, -0.2) is 26.5 Å². The van der Waals surface area contributed by atoms with Crippen LogP contribution in [0.2, 0.25) is 0 Å². The molecular weight excluding hydrogens is 342 g/mol. The lowest BCUT2D eigenvalue weighted by Gasteiger charge is -2.26. The fourth-order valence-electron chi connectivity index (χ4n) is 3.56. The number of ether oxygens (including phenoxy) is 2. The highest BCUT2D eigenvalue weighted by atomic mass is 32.2. The number of benzene rings is 2. The maximum absolute atomic E-state index is 5.72. The maximum atomic E-state index is 5.72. The summed E-state index contributed by atoms with van der Waals surface area (Å²) < 4.78 is 11.0. The molecule has 0 saturated carbocycles. The lowest BCUT2D eigenvalue weighted by Crippen LogP contribution is -2.27. The summed E-state index contributed by atoms with van der Waals surface area (Å²) >= 11 is 1.83. The van der Waals surface area contributed by atoms with Crippen molar-refractivity contribution in [2.45, 2.75) is 29.6 Å². The van der Waals surface area contributed by atoms with Crippen LogP contribution in [0.1, 0.15) is 30.9 Å². The first-order valence-corrected chi connectivity index (χ1v) is 10.2. The predicted molar refractivity (Wildman–Crippen MR) is 107 cm³/mol. The van der Waals surface area contributed by atoms with Crippen molar-refractivity contribution in [2.24, 2.45) is 5.92 Å². The molecular formula is C22H25NO2S. The van der Waals surface area contributed by atoms with Gasteiger partial charge in [-0.05, 0) is 79.7 Å². The summed E-state index contributed by atoms with van der Waals surface area (Å²) in [5, 5.41) is 3.46. The molecule has 0 atom stereocenters. The molecule has 2 aromatic carbocycles. The third kappa shape index (κ3) is 3.83. The standard InChI is InChI=1S/C22H25NO2S/c1-2-24-15-25-17-7-8-19-20(13-16-9-11-23-12-10-16)18-5-3-4-6-21(18)26-22(19)14-17/h3-8,13-14,16,23H,2,9-12,15H2,1H3. The molecule has 2 heterocycles. The van der Waals surface area contributed by atoms with E-state index in [1.165, 1.54) is 39.3 Å². The van der Waals surface area contributed by atoms with E-state index in [-0.39, 0.29) is 0 Å². The van der Waals surface area contributed by atoms with Gasteiger partial charge in [-0.3, -0.25) is 0 Å². The van der Waals surface area contributed by atoms with Crippen molar-refractivity contribution < 1.29 is 9.47 Å². The van der Waals surface area contributed by atoms with Gasteiger partial charge in [0, 0.05) is 16.4 Å². The van der Waals surface area contributed by atoms with Crippen LogP contribution in [0.5, 0.6) is 5.75 Å². The Balaban J connectivity index is 1.69. The van der Waals surface area contributed by atoms with E-state index in [0.717, 1.165) is 18.8 Å². The quantitative estimate of drug-likeness (QED) is 0.510. The van der Waals surface area contributed by atoms with Gasteiger partial charge >= 0.3 is 0 Å². The summed E-state index contributed by atoms with van der Waals surface area (Å²) in [6, 6.07) is 15.1. The fourth-order valence-corrected chi connectivity index (χ4v) is 4.69. The van der Waals surface area contributed by atoms with Gasteiger partial charge in [-0.15, -0.1) is 0 Å². The second kappa shape index (κ2) is 8.30. The smallest absolute Gasteiger partial charge is 0.189 e. The number of hydrogen-bond donors (Lipinski definition) is 1. The summed E-state index contributed by atoms with van der Waals surface area (Å²) in [5.74, 6) is 1.51. The van der Waals surface area contributed by atoms with Crippen LogP contribution in [0.15, 0.2) is 58.3 Å². The Morgan fingerprint density at radius 1 is 1.08 bits per heavy atom. The van der Waals surface area contributed by atoms with E-state index in [1.807, 2.05) is 18.7 Å². The summed E-state index contributed by atoms with van der Waals surface area (Å²) in [4.78, 5) is 2.58. The molecule has 0 aliphatic carbocycles. The molecule has 4 rings (SSSR count). The van der Waals surface area contributed by atoms with Gasteiger partial charge in [0.1, 0.15) is 5.75 Å². The average Bonchev–Trinajstić information content (AvgIpc) is 2.69. The fraction of sp³-hybridized carbons (Fsp3) is 0.364. The minimum atomic E-state index is 0.300. The Hall–Kier alpha value is -1.75. The normalized spacial score (nSPS) is 18.4. The zero-order valence-corrected chi connectivity index (χ0v) is 16.0. The molecule has 2 aromatic rings. The van der Waals surface area contributed by atoms with Gasteiger partial charge in [0.15, 0.2) is 6.79 Å². The predicted octanol–water partition coefficient (Wildman–Crippen LogP) is 4.96. The molecule has 0 unspecified atom stereocenters. The molecule has 1 saturated heterocycles. The van der Waals surface area contributed by atoms with Crippen molar-refractivity contribution in [3.8, 4) is 5.75 Å². The number of allylic oxidation sites excluding steroid dienone is 1. The molecule has 3 nitrogen and oxygen atoms in total. The monoisotopic (exact) mass is 367 g/mol. The molecule has 26 heavy (non-hydrogen) atoms. The van der Waals surface area contributed by atoms with Crippen LogP contribution in [0.25, 0.3) is 5.57 Å². The van der Waals surface area contributed by atoms with E-state index in [0.29, 0.717) is 19.3 Å². The van der Waals surface area contributed by atoms with E-state index >= 15 is 0 Å². The molecule has 0 spiro atoms. The Labute approximate surface area is 159 Å². The minimum absolute atomic E-state index is 0.300. The van der Waals surface area contributed by atoms with Gasteiger partial charge in [0.2, 0.25) is 0 Å². The van der Waals surface area contributed by atoms with E-state index in [4.69, 9.17) is 9.47 Å². The highest BCUT2D eigenvalue weighted by molar-refractivity contribution is 7.99. The third-order valence-corrected chi connectivity index (χ3v) is 6.07. The summed E-state index contributed by atoms with van der Waals surface area (Å²) in [6.07, 6.45) is 4.92. The van der Waals surface area contributed by atoms with Gasteiger partial charge < -0.3 is 14.8 Å². The van der Waals surface area contributed by atoms with Gasteiger partial charge in [0.25, 0.3) is 0 Å². The van der Waals surface area contributed by atoms with Crippen LogP contribution >= 0.6 is 11.8 Å². The van der Waals surface area contributed by atoms with Crippen LogP contribution in [0.4, 0.5) is 0 Å². The number of fused-ring (bicyclic) bond motifs is 2. The second-order valence-corrected chi connectivity index (χ2v) is 7.76. The lowest BCUT2D eigenvalue weighted by molar-refractivity contribution is 0.0223. The van der Waals surface area contributed by atoms with Crippen molar-refractivity contribution in [3.63, 3.8) is 0 Å². The largest absolute Gasteiger partial charge is 0.468 e. The summed E-state index contributed by atoms with van der Waals surface area (Å²) in [7, 11) is 0. The molecule has 0 bridgehead atoms. The second-order valence-electron chi connectivity index (χ2n) is 6.68. The van der Waals surface area contributed by atoms with Gasteiger partial charge in [0.05, 0.1) is 0 Å². The topological polar surface area (TPSA) is 30.5 Å². The zero-order chi connectivity index (χ0) is 17.8. The highest BCUT2D eigenvalue weighted by Crippen LogP contribution is 2.47. The molecule has 2 aliphatic heterocycles. The maximum Gasteiger partial charge on any atom is 0.189 e. The Bertz CT molecular complexity index is 796. The highest BCUT2D eigenvalue weighted by Gasteiger charge is 2.23. The minimum Gasteiger partial charge on any atom is -0.468 e. The van der Waals surface area contributed by atoms with Gasteiger partial charge in [-0.2, -0.15) is 0 Å². The van der Waals surface area contributed by atoms with Gasteiger partial charge in [-0.1, -0.05) is 36.0 Å². The van der Waals surface area contributed by atoms with Crippen molar-refractivity contribution >= 4 is 17.3 Å². The molecule has 2 aliphatic rings.